The molecular formula is C13H17F3O. The van der Waals surface area contributed by atoms with Gasteiger partial charge in [0.05, 0.1) is 6.10 Å². The van der Waals surface area contributed by atoms with Crippen molar-refractivity contribution in [3.8, 4) is 0 Å². The average Bonchev–Trinajstić information content (AvgIpc) is 2.24. The van der Waals surface area contributed by atoms with Gasteiger partial charge in [-0.1, -0.05) is 24.3 Å². The van der Waals surface area contributed by atoms with Gasteiger partial charge in [-0.15, -0.1) is 0 Å². The fraction of sp³-hybridized carbons (Fsp3) is 0.538. The van der Waals surface area contributed by atoms with Crippen LogP contribution in [0.1, 0.15) is 30.4 Å². The Morgan fingerprint density at radius 1 is 1.18 bits per heavy atom. The Balaban J connectivity index is 2.34. The van der Waals surface area contributed by atoms with E-state index in [1.807, 2.05) is 31.2 Å². The second kappa shape index (κ2) is 6.05. The van der Waals surface area contributed by atoms with Crippen LogP contribution in [-0.2, 0) is 6.42 Å². The van der Waals surface area contributed by atoms with Gasteiger partial charge < -0.3 is 5.11 Å². The molecule has 1 N–H and O–H groups in total. The van der Waals surface area contributed by atoms with E-state index in [1.165, 1.54) is 0 Å². The zero-order chi connectivity index (χ0) is 12.9. The van der Waals surface area contributed by atoms with E-state index < -0.39 is 18.7 Å². The summed E-state index contributed by atoms with van der Waals surface area (Å²) in [7, 11) is 0. The quantitative estimate of drug-likeness (QED) is 0.841. The van der Waals surface area contributed by atoms with Crippen molar-refractivity contribution in [1.29, 1.82) is 0 Å². The van der Waals surface area contributed by atoms with E-state index in [-0.39, 0.29) is 6.42 Å². The molecule has 0 fully saturated rings. The van der Waals surface area contributed by atoms with Gasteiger partial charge in [-0.25, -0.2) is 0 Å². The number of alkyl halides is 3. The van der Waals surface area contributed by atoms with Gasteiger partial charge in [-0.3, -0.25) is 0 Å². The van der Waals surface area contributed by atoms with Crippen LogP contribution in [0.3, 0.4) is 0 Å². The van der Waals surface area contributed by atoms with Gasteiger partial charge in [0.15, 0.2) is 0 Å². The van der Waals surface area contributed by atoms with Crippen molar-refractivity contribution in [2.24, 2.45) is 0 Å². The summed E-state index contributed by atoms with van der Waals surface area (Å²) in [6.45, 7) is 1.96. The third-order valence-corrected chi connectivity index (χ3v) is 2.77. The lowest BCUT2D eigenvalue weighted by Gasteiger charge is -2.13. The Kier molecular flexibility index (Phi) is 5.00. The molecule has 1 nitrogen and oxygen atoms in total. The predicted molar refractivity (Wildman–Crippen MR) is 60.8 cm³/mol. The van der Waals surface area contributed by atoms with Crippen molar-refractivity contribution in [2.75, 3.05) is 0 Å². The molecule has 0 heterocycles. The van der Waals surface area contributed by atoms with E-state index in [1.54, 1.807) is 0 Å². The van der Waals surface area contributed by atoms with Crippen molar-refractivity contribution in [1.82, 2.24) is 0 Å². The third kappa shape index (κ3) is 5.73. The van der Waals surface area contributed by atoms with Crippen LogP contribution in [-0.4, -0.2) is 17.4 Å². The lowest BCUT2D eigenvalue weighted by Crippen LogP contribution is -2.15. The molecule has 0 aromatic heterocycles. The summed E-state index contributed by atoms with van der Waals surface area (Å²) in [4.78, 5) is 0. The summed E-state index contributed by atoms with van der Waals surface area (Å²) < 4.78 is 35.8. The molecule has 17 heavy (non-hydrogen) atoms. The number of aliphatic hydroxyl groups excluding tert-OH is 1. The first-order valence-electron chi connectivity index (χ1n) is 5.68. The van der Waals surface area contributed by atoms with Gasteiger partial charge in [0, 0.05) is 6.42 Å². The van der Waals surface area contributed by atoms with E-state index >= 15 is 0 Å². The Morgan fingerprint density at radius 2 is 1.82 bits per heavy atom. The van der Waals surface area contributed by atoms with Crippen molar-refractivity contribution < 1.29 is 18.3 Å². The first-order valence-corrected chi connectivity index (χ1v) is 5.68. The molecule has 96 valence electrons. The number of aryl methyl sites for hydroxylation is 2. The fourth-order valence-electron chi connectivity index (χ4n) is 1.69. The summed E-state index contributed by atoms with van der Waals surface area (Å²) in [5.74, 6) is 0. The molecule has 4 heteroatoms. The molecule has 0 saturated heterocycles. The van der Waals surface area contributed by atoms with E-state index in [0.717, 1.165) is 11.1 Å². The molecule has 1 rings (SSSR count). The second-order valence-electron chi connectivity index (χ2n) is 4.27. The molecule has 0 radical (unpaired) electrons. The summed E-state index contributed by atoms with van der Waals surface area (Å²) in [5, 5.41) is 9.46. The smallest absolute Gasteiger partial charge is 0.389 e. The Bertz CT molecular complexity index is 347. The van der Waals surface area contributed by atoms with Crippen LogP contribution in [0.25, 0.3) is 0 Å². The van der Waals surface area contributed by atoms with Crippen LogP contribution in [0.15, 0.2) is 24.3 Å². The van der Waals surface area contributed by atoms with Gasteiger partial charge in [0.2, 0.25) is 0 Å². The van der Waals surface area contributed by atoms with Crippen molar-refractivity contribution >= 4 is 0 Å². The molecule has 0 aliphatic heterocycles. The standard InChI is InChI=1S/C13H17F3O/c1-10-4-2-3-5-11(10)6-7-12(17)8-9-13(14,15)16/h2-5,12,17H,6-9H2,1H3. The van der Waals surface area contributed by atoms with Crippen LogP contribution in [0.5, 0.6) is 0 Å². The van der Waals surface area contributed by atoms with Gasteiger partial charge in [0.25, 0.3) is 0 Å². The molecular weight excluding hydrogens is 229 g/mol. The highest BCUT2D eigenvalue weighted by Gasteiger charge is 2.27. The zero-order valence-electron chi connectivity index (χ0n) is 9.80. The van der Waals surface area contributed by atoms with Crippen LogP contribution in [0, 0.1) is 6.92 Å². The minimum absolute atomic E-state index is 0.213. The average molecular weight is 246 g/mol. The Hall–Kier alpha value is -1.03. The lowest BCUT2D eigenvalue weighted by molar-refractivity contribution is -0.140. The largest absolute Gasteiger partial charge is 0.393 e. The minimum atomic E-state index is -4.18. The van der Waals surface area contributed by atoms with Crippen LogP contribution in [0.4, 0.5) is 13.2 Å². The molecule has 1 unspecified atom stereocenters. The first-order chi connectivity index (χ1) is 7.88. The fourth-order valence-corrected chi connectivity index (χ4v) is 1.69. The minimum Gasteiger partial charge on any atom is -0.393 e. The van der Waals surface area contributed by atoms with Gasteiger partial charge >= 0.3 is 6.18 Å². The number of benzene rings is 1. The summed E-state index contributed by atoms with van der Waals surface area (Å²) >= 11 is 0. The number of rotatable bonds is 5. The molecule has 1 aromatic carbocycles. The Labute approximate surface area is 99.3 Å². The molecule has 0 aliphatic carbocycles. The zero-order valence-corrected chi connectivity index (χ0v) is 9.80. The molecule has 0 aliphatic rings. The molecule has 0 amide bonds. The topological polar surface area (TPSA) is 20.2 Å². The normalized spacial score (nSPS) is 13.7. The number of aliphatic hydroxyl groups is 1. The summed E-state index contributed by atoms with van der Waals surface area (Å²) in [6.07, 6.45) is -5.19. The van der Waals surface area contributed by atoms with Crippen molar-refractivity contribution in [3.05, 3.63) is 35.4 Å². The predicted octanol–water partition coefficient (Wildman–Crippen LogP) is 3.63. The first kappa shape index (κ1) is 14.0. The van der Waals surface area contributed by atoms with E-state index in [4.69, 9.17) is 0 Å². The molecule has 0 bridgehead atoms. The third-order valence-electron chi connectivity index (χ3n) is 2.77. The number of hydrogen-bond acceptors (Lipinski definition) is 1. The molecule has 1 aromatic rings. The van der Waals surface area contributed by atoms with Crippen LogP contribution >= 0.6 is 0 Å². The van der Waals surface area contributed by atoms with Crippen LogP contribution in [0.2, 0.25) is 0 Å². The van der Waals surface area contributed by atoms with Gasteiger partial charge in [-0.05, 0) is 37.3 Å². The summed E-state index contributed by atoms with van der Waals surface area (Å²) in [5.41, 5.74) is 2.19. The highest BCUT2D eigenvalue weighted by Crippen LogP contribution is 2.23. The maximum Gasteiger partial charge on any atom is 0.389 e. The lowest BCUT2D eigenvalue weighted by atomic mass is 10.0. The van der Waals surface area contributed by atoms with Gasteiger partial charge in [-0.2, -0.15) is 13.2 Å². The monoisotopic (exact) mass is 246 g/mol. The van der Waals surface area contributed by atoms with Gasteiger partial charge in [0.1, 0.15) is 0 Å². The number of halogens is 3. The van der Waals surface area contributed by atoms with Crippen LogP contribution < -0.4 is 0 Å². The molecule has 0 spiro atoms. The van der Waals surface area contributed by atoms with E-state index in [0.29, 0.717) is 12.8 Å². The number of hydrogen-bond donors (Lipinski definition) is 1. The van der Waals surface area contributed by atoms with Crippen molar-refractivity contribution in [2.45, 2.75) is 44.9 Å². The Morgan fingerprint density at radius 3 is 2.41 bits per heavy atom. The highest BCUT2D eigenvalue weighted by molar-refractivity contribution is 5.25. The highest BCUT2D eigenvalue weighted by atomic mass is 19.4. The SMILES string of the molecule is Cc1ccccc1CCC(O)CCC(F)(F)F. The van der Waals surface area contributed by atoms with E-state index in [2.05, 4.69) is 0 Å². The molecule has 1 atom stereocenters. The van der Waals surface area contributed by atoms with E-state index in [9.17, 15) is 18.3 Å². The maximum atomic E-state index is 11.9. The van der Waals surface area contributed by atoms with Crippen molar-refractivity contribution in [3.63, 3.8) is 0 Å². The second-order valence-corrected chi connectivity index (χ2v) is 4.27. The summed E-state index contributed by atoms with van der Waals surface area (Å²) in [6, 6.07) is 7.70. The molecule has 0 saturated carbocycles. The maximum absolute atomic E-state index is 11.9.